The van der Waals surface area contributed by atoms with Crippen LogP contribution in [0.5, 0.6) is 0 Å². The second kappa shape index (κ2) is 6.66. The number of hydrogen-bond acceptors (Lipinski definition) is 2. The lowest BCUT2D eigenvalue weighted by molar-refractivity contribution is -0.0329. The van der Waals surface area contributed by atoms with Gasteiger partial charge in [0.1, 0.15) is 0 Å². The first-order valence-corrected chi connectivity index (χ1v) is 7.73. The van der Waals surface area contributed by atoms with Crippen molar-refractivity contribution >= 4 is 33.5 Å². The van der Waals surface area contributed by atoms with Gasteiger partial charge in [-0.3, -0.25) is 4.79 Å². The van der Waals surface area contributed by atoms with Crippen LogP contribution in [0.2, 0.25) is 0 Å². The molecular weight excluding hydrogens is 365 g/mol. The first-order chi connectivity index (χ1) is 9.87. The number of halogens is 4. The second-order valence-electron chi connectivity index (χ2n) is 4.23. The van der Waals surface area contributed by atoms with Gasteiger partial charge >= 0.3 is 5.51 Å². The molecule has 0 radical (unpaired) electrons. The summed E-state index contributed by atoms with van der Waals surface area (Å²) in [5, 5.41) is 0. The van der Waals surface area contributed by atoms with E-state index in [-0.39, 0.29) is 23.3 Å². The highest BCUT2D eigenvalue weighted by Gasteiger charge is 2.28. The molecule has 21 heavy (non-hydrogen) atoms. The second-order valence-corrected chi connectivity index (χ2v) is 6.18. The number of hydrogen-bond donors (Lipinski definition) is 0. The Hall–Kier alpha value is -1.27. The van der Waals surface area contributed by atoms with Crippen molar-refractivity contribution in [3.8, 4) is 0 Å². The fraction of sp³-hybridized carbons (Fsp3) is 0.133. The van der Waals surface area contributed by atoms with Crippen molar-refractivity contribution in [2.75, 3.05) is 0 Å². The van der Waals surface area contributed by atoms with Crippen LogP contribution in [0.1, 0.15) is 21.5 Å². The smallest absolute Gasteiger partial charge is 0.289 e. The van der Waals surface area contributed by atoms with Crippen molar-refractivity contribution < 1.29 is 18.0 Å². The average Bonchev–Trinajstić information content (AvgIpc) is 2.45. The van der Waals surface area contributed by atoms with Gasteiger partial charge in [-0.1, -0.05) is 40.2 Å². The van der Waals surface area contributed by atoms with Crippen LogP contribution < -0.4 is 0 Å². The van der Waals surface area contributed by atoms with Gasteiger partial charge in [-0.25, -0.2) is 0 Å². The van der Waals surface area contributed by atoms with E-state index in [1.807, 2.05) is 0 Å². The van der Waals surface area contributed by atoms with Gasteiger partial charge in [-0.05, 0) is 41.6 Å². The molecule has 6 heteroatoms. The molecule has 0 heterocycles. The van der Waals surface area contributed by atoms with Gasteiger partial charge in [0, 0.05) is 21.4 Å². The van der Waals surface area contributed by atoms with Crippen LogP contribution in [0.4, 0.5) is 13.2 Å². The third-order valence-corrected chi connectivity index (χ3v) is 4.07. The largest absolute Gasteiger partial charge is 0.442 e. The van der Waals surface area contributed by atoms with Crippen molar-refractivity contribution in [2.24, 2.45) is 0 Å². The molecule has 0 atom stereocenters. The maximum Gasteiger partial charge on any atom is 0.442 e. The van der Waals surface area contributed by atoms with Crippen molar-refractivity contribution in [1.29, 1.82) is 0 Å². The first-order valence-electron chi connectivity index (χ1n) is 5.96. The fourth-order valence-corrected chi connectivity index (χ4v) is 2.62. The molecule has 0 saturated heterocycles. The van der Waals surface area contributed by atoms with E-state index >= 15 is 0 Å². The zero-order chi connectivity index (χ0) is 15.5. The summed E-state index contributed by atoms with van der Waals surface area (Å²) in [5.41, 5.74) is -3.18. The highest BCUT2D eigenvalue weighted by molar-refractivity contribution is 9.10. The van der Waals surface area contributed by atoms with Crippen LogP contribution in [-0.4, -0.2) is 11.3 Å². The highest BCUT2D eigenvalue weighted by Crippen LogP contribution is 2.34. The minimum atomic E-state index is -4.31. The normalized spacial score (nSPS) is 11.4. The standard InChI is InChI=1S/C15H10BrF3OS/c16-12-7-5-10(6-8-12)14(20)13-4-2-1-3-11(13)9-21-15(17,18)19/h1-8H,9H2. The molecule has 0 spiro atoms. The number of carbonyl (C=O) groups is 1. The molecule has 0 N–H and O–H groups in total. The molecule has 0 fully saturated rings. The lowest BCUT2D eigenvalue weighted by Gasteiger charge is -2.10. The average molecular weight is 375 g/mol. The van der Waals surface area contributed by atoms with Crippen molar-refractivity contribution in [1.82, 2.24) is 0 Å². The summed E-state index contributed by atoms with van der Waals surface area (Å²) in [6.45, 7) is 0. The fourth-order valence-electron chi connectivity index (χ4n) is 1.78. The monoisotopic (exact) mass is 374 g/mol. The van der Waals surface area contributed by atoms with E-state index in [0.29, 0.717) is 16.7 Å². The molecule has 0 unspecified atom stereocenters. The number of carbonyl (C=O) groups excluding carboxylic acids is 1. The van der Waals surface area contributed by atoms with Crippen LogP contribution in [0.25, 0.3) is 0 Å². The third-order valence-electron chi connectivity index (χ3n) is 2.76. The van der Waals surface area contributed by atoms with Crippen LogP contribution >= 0.6 is 27.7 Å². The molecule has 0 amide bonds. The van der Waals surface area contributed by atoms with E-state index in [9.17, 15) is 18.0 Å². The van der Waals surface area contributed by atoms with E-state index in [1.54, 1.807) is 48.5 Å². The number of benzene rings is 2. The van der Waals surface area contributed by atoms with Crippen molar-refractivity contribution in [3.63, 3.8) is 0 Å². The minimum Gasteiger partial charge on any atom is -0.289 e. The molecule has 2 aromatic rings. The summed E-state index contributed by atoms with van der Waals surface area (Å²) in [4.78, 5) is 12.4. The van der Waals surface area contributed by atoms with Gasteiger partial charge in [-0.2, -0.15) is 13.2 Å². The zero-order valence-corrected chi connectivity index (χ0v) is 13.1. The summed E-state index contributed by atoms with van der Waals surface area (Å²) < 4.78 is 37.8. The van der Waals surface area contributed by atoms with Crippen molar-refractivity contribution in [2.45, 2.75) is 11.3 Å². The van der Waals surface area contributed by atoms with Gasteiger partial charge in [0.05, 0.1) is 0 Å². The Labute approximate surface area is 132 Å². The van der Waals surface area contributed by atoms with Crippen LogP contribution in [-0.2, 0) is 5.75 Å². The molecule has 0 bridgehead atoms. The molecule has 2 rings (SSSR count). The maximum atomic E-state index is 12.4. The summed E-state index contributed by atoms with van der Waals surface area (Å²) >= 11 is 3.13. The Kier molecular flexibility index (Phi) is 5.11. The summed E-state index contributed by atoms with van der Waals surface area (Å²) in [7, 11) is 0. The van der Waals surface area contributed by atoms with Crippen LogP contribution in [0.15, 0.2) is 53.0 Å². The summed E-state index contributed by atoms with van der Waals surface area (Å²) in [5.74, 6) is -0.553. The predicted octanol–water partition coefficient (Wildman–Crippen LogP) is 5.43. The molecule has 1 nitrogen and oxygen atoms in total. The van der Waals surface area contributed by atoms with Crippen molar-refractivity contribution in [3.05, 3.63) is 69.7 Å². The Morgan fingerprint density at radius 2 is 1.67 bits per heavy atom. The van der Waals surface area contributed by atoms with E-state index in [0.717, 1.165) is 4.47 Å². The molecule has 0 aliphatic carbocycles. The summed E-state index contributed by atoms with van der Waals surface area (Å²) in [6, 6.07) is 13.1. The zero-order valence-electron chi connectivity index (χ0n) is 10.7. The molecule has 0 saturated carbocycles. The SMILES string of the molecule is O=C(c1ccc(Br)cc1)c1ccccc1CSC(F)(F)F. The molecule has 2 aromatic carbocycles. The Morgan fingerprint density at radius 1 is 1.05 bits per heavy atom. The molecular formula is C15H10BrF3OS. The first kappa shape index (κ1) is 16.1. The molecule has 0 aliphatic heterocycles. The van der Waals surface area contributed by atoms with Gasteiger partial charge in [-0.15, -0.1) is 0 Å². The van der Waals surface area contributed by atoms with E-state index in [4.69, 9.17) is 0 Å². The van der Waals surface area contributed by atoms with Crippen LogP contribution in [0, 0.1) is 0 Å². The lowest BCUT2D eigenvalue weighted by atomic mass is 9.99. The van der Waals surface area contributed by atoms with E-state index in [1.165, 1.54) is 0 Å². The van der Waals surface area contributed by atoms with E-state index < -0.39 is 5.51 Å². The van der Waals surface area contributed by atoms with Gasteiger partial charge in [0.15, 0.2) is 5.78 Å². The topological polar surface area (TPSA) is 17.1 Å². The Morgan fingerprint density at radius 3 is 2.29 bits per heavy atom. The lowest BCUT2D eigenvalue weighted by Crippen LogP contribution is -2.07. The van der Waals surface area contributed by atoms with Gasteiger partial charge < -0.3 is 0 Å². The quantitative estimate of drug-likeness (QED) is 0.663. The van der Waals surface area contributed by atoms with Crippen LogP contribution in [0.3, 0.4) is 0 Å². The minimum absolute atomic E-state index is 0.144. The van der Waals surface area contributed by atoms with E-state index in [2.05, 4.69) is 15.9 Å². The maximum absolute atomic E-state index is 12.4. The number of alkyl halides is 3. The Balaban J connectivity index is 2.27. The van der Waals surface area contributed by atoms with Gasteiger partial charge in [0.2, 0.25) is 0 Å². The Bertz CT molecular complexity index is 638. The van der Waals surface area contributed by atoms with Gasteiger partial charge in [0.25, 0.3) is 0 Å². The third kappa shape index (κ3) is 4.61. The molecule has 110 valence electrons. The highest BCUT2D eigenvalue weighted by atomic mass is 79.9. The summed E-state index contributed by atoms with van der Waals surface area (Å²) in [6.07, 6.45) is 0. The predicted molar refractivity (Wildman–Crippen MR) is 81.4 cm³/mol. The number of rotatable bonds is 4. The number of thioether (sulfide) groups is 1. The molecule has 0 aromatic heterocycles. The number of ketones is 1. The molecule has 0 aliphatic rings.